The molecule has 1 heterocycles. The number of hydrogen-bond acceptors (Lipinski definition) is 2. The van der Waals surface area contributed by atoms with E-state index >= 15 is 0 Å². The van der Waals surface area contributed by atoms with Crippen molar-refractivity contribution in [2.24, 2.45) is 0 Å². The van der Waals surface area contributed by atoms with E-state index in [9.17, 15) is 9.59 Å². The zero-order chi connectivity index (χ0) is 19.3. The molecule has 1 atom stereocenters. The number of benzene rings is 3. The van der Waals surface area contributed by atoms with Gasteiger partial charge in [0.05, 0.1) is 0 Å². The van der Waals surface area contributed by atoms with Crippen molar-refractivity contribution in [1.82, 2.24) is 5.32 Å². The third kappa shape index (κ3) is 3.74. The van der Waals surface area contributed by atoms with Crippen LogP contribution in [0.25, 0.3) is 0 Å². The van der Waals surface area contributed by atoms with E-state index in [1.807, 2.05) is 72.8 Å². The van der Waals surface area contributed by atoms with Crippen molar-refractivity contribution in [3.63, 3.8) is 0 Å². The number of para-hydroxylation sites is 2. The monoisotopic (exact) mass is 371 g/mol. The van der Waals surface area contributed by atoms with Crippen LogP contribution in [0.1, 0.15) is 17.2 Å². The number of carbonyl (C=O) groups is 2. The zero-order valence-corrected chi connectivity index (χ0v) is 15.3. The fourth-order valence-electron chi connectivity index (χ4n) is 3.48. The summed E-state index contributed by atoms with van der Waals surface area (Å²) in [4.78, 5) is 27.7. The number of fused-ring (bicyclic) bond motifs is 1. The molecular weight excluding hydrogens is 350 g/mol. The second-order valence-electron chi connectivity index (χ2n) is 6.68. The highest BCUT2D eigenvalue weighted by atomic mass is 16.2. The third-order valence-corrected chi connectivity index (χ3v) is 4.84. The van der Waals surface area contributed by atoms with E-state index in [1.165, 1.54) is 0 Å². The lowest BCUT2D eigenvalue weighted by atomic mass is 10.1. The van der Waals surface area contributed by atoms with E-state index in [4.69, 9.17) is 0 Å². The van der Waals surface area contributed by atoms with Crippen LogP contribution in [-0.2, 0) is 11.2 Å². The lowest BCUT2D eigenvalue weighted by Crippen LogP contribution is -2.43. The number of nitrogens with one attached hydrogen (secondary N) is 2. The molecule has 0 saturated carbocycles. The van der Waals surface area contributed by atoms with Gasteiger partial charge in [0.15, 0.2) is 0 Å². The van der Waals surface area contributed by atoms with Gasteiger partial charge in [-0.05, 0) is 35.7 Å². The maximum atomic E-state index is 13.4. The largest absolute Gasteiger partial charge is 0.322 e. The Hall–Kier alpha value is -3.60. The van der Waals surface area contributed by atoms with Crippen LogP contribution in [-0.4, -0.2) is 18.5 Å². The number of hydrogen-bond donors (Lipinski definition) is 2. The maximum absolute atomic E-state index is 13.4. The van der Waals surface area contributed by atoms with Gasteiger partial charge < -0.3 is 15.5 Å². The first kappa shape index (κ1) is 17.8. The molecular formula is C23H21N3O2. The molecule has 4 rings (SSSR count). The van der Waals surface area contributed by atoms with Crippen LogP contribution in [0.5, 0.6) is 0 Å². The lowest BCUT2D eigenvalue weighted by molar-refractivity contribution is -0.120. The highest BCUT2D eigenvalue weighted by molar-refractivity contribution is 6.02. The Morgan fingerprint density at radius 2 is 1.46 bits per heavy atom. The van der Waals surface area contributed by atoms with Gasteiger partial charge in [0, 0.05) is 17.9 Å². The smallest absolute Gasteiger partial charge is 0.320 e. The Balaban J connectivity index is 1.58. The predicted octanol–water partition coefficient (Wildman–Crippen LogP) is 4.14. The fraction of sp³-hybridized carbons (Fsp3) is 0.130. The van der Waals surface area contributed by atoms with Crippen LogP contribution < -0.4 is 15.5 Å². The van der Waals surface area contributed by atoms with E-state index in [2.05, 4.69) is 10.6 Å². The molecule has 140 valence electrons. The molecule has 0 aromatic heterocycles. The fourth-order valence-corrected chi connectivity index (χ4v) is 3.48. The molecule has 0 aliphatic carbocycles. The van der Waals surface area contributed by atoms with Gasteiger partial charge in [-0.3, -0.25) is 4.79 Å². The van der Waals surface area contributed by atoms with Crippen LogP contribution in [0.4, 0.5) is 16.2 Å². The van der Waals surface area contributed by atoms with Crippen LogP contribution >= 0.6 is 0 Å². The Morgan fingerprint density at radius 3 is 2.21 bits per heavy atom. The van der Waals surface area contributed by atoms with E-state index < -0.39 is 12.1 Å². The van der Waals surface area contributed by atoms with Gasteiger partial charge in [-0.15, -0.1) is 0 Å². The quantitative estimate of drug-likeness (QED) is 0.724. The van der Waals surface area contributed by atoms with Gasteiger partial charge in [-0.1, -0.05) is 66.7 Å². The second-order valence-corrected chi connectivity index (χ2v) is 6.68. The standard InChI is InChI=1S/C23H21N3O2/c27-22(26-16-15-17-9-7-8-14-20(17)26)21(18-10-3-1-4-11-18)25-23(28)24-19-12-5-2-6-13-19/h1-14,21H,15-16H2,(H2,24,25,28). The number of urea groups is 1. The number of amides is 3. The highest BCUT2D eigenvalue weighted by Gasteiger charge is 2.32. The molecule has 0 saturated heterocycles. The molecule has 3 aromatic rings. The number of anilines is 2. The van der Waals surface area contributed by atoms with Crippen molar-refractivity contribution < 1.29 is 9.59 Å². The topological polar surface area (TPSA) is 61.4 Å². The maximum Gasteiger partial charge on any atom is 0.320 e. The molecule has 5 nitrogen and oxygen atoms in total. The molecule has 3 aromatic carbocycles. The Morgan fingerprint density at radius 1 is 0.821 bits per heavy atom. The first-order valence-corrected chi connectivity index (χ1v) is 9.29. The third-order valence-electron chi connectivity index (χ3n) is 4.84. The van der Waals surface area contributed by atoms with Crippen molar-refractivity contribution in [2.75, 3.05) is 16.8 Å². The van der Waals surface area contributed by atoms with E-state index in [0.29, 0.717) is 12.2 Å². The van der Waals surface area contributed by atoms with Gasteiger partial charge in [0.25, 0.3) is 5.91 Å². The Bertz CT molecular complexity index is 973. The second kappa shape index (κ2) is 7.96. The van der Waals surface area contributed by atoms with E-state index in [-0.39, 0.29) is 5.91 Å². The Labute approximate surface area is 164 Å². The summed E-state index contributed by atoms with van der Waals surface area (Å²) >= 11 is 0. The van der Waals surface area contributed by atoms with Crippen molar-refractivity contribution in [3.8, 4) is 0 Å². The number of nitrogens with zero attached hydrogens (tertiary/aromatic N) is 1. The van der Waals surface area contributed by atoms with E-state index in [0.717, 1.165) is 23.2 Å². The average Bonchev–Trinajstić information content (AvgIpc) is 3.17. The average molecular weight is 371 g/mol. The van der Waals surface area contributed by atoms with Crippen molar-refractivity contribution in [1.29, 1.82) is 0 Å². The minimum Gasteiger partial charge on any atom is -0.322 e. The highest BCUT2D eigenvalue weighted by Crippen LogP contribution is 2.30. The summed E-state index contributed by atoms with van der Waals surface area (Å²) in [5.41, 5.74) is 3.49. The van der Waals surface area contributed by atoms with Gasteiger partial charge in [-0.25, -0.2) is 4.79 Å². The molecule has 2 N–H and O–H groups in total. The van der Waals surface area contributed by atoms with Gasteiger partial charge in [0.1, 0.15) is 6.04 Å². The van der Waals surface area contributed by atoms with Gasteiger partial charge in [-0.2, -0.15) is 0 Å². The molecule has 0 fully saturated rings. The molecule has 28 heavy (non-hydrogen) atoms. The van der Waals surface area contributed by atoms with E-state index in [1.54, 1.807) is 17.0 Å². The SMILES string of the molecule is O=C(Nc1ccccc1)NC(C(=O)N1CCc2ccccc21)c1ccccc1. The Kier molecular flexibility index (Phi) is 5.06. The minimum atomic E-state index is -0.768. The summed E-state index contributed by atoms with van der Waals surface area (Å²) in [5.74, 6) is -0.139. The van der Waals surface area contributed by atoms with Crippen LogP contribution in [0.15, 0.2) is 84.9 Å². The summed E-state index contributed by atoms with van der Waals surface area (Å²) in [7, 11) is 0. The summed E-state index contributed by atoms with van der Waals surface area (Å²) < 4.78 is 0. The molecule has 1 aliphatic rings. The molecule has 5 heteroatoms. The van der Waals surface area contributed by atoms with Crippen molar-refractivity contribution in [2.45, 2.75) is 12.5 Å². The summed E-state index contributed by atoms with van der Waals surface area (Å²) in [6.07, 6.45) is 0.819. The number of carbonyl (C=O) groups excluding carboxylic acids is 2. The molecule has 0 radical (unpaired) electrons. The summed E-state index contributed by atoms with van der Waals surface area (Å²) in [6, 6.07) is 25.2. The minimum absolute atomic E-state index is 0.139. The molecule has 0 spiro atoms. The summed E-state index contributed by atoms with van der Waals surface area (Å²) in [6.45, 7) is 0.615. The first-order chi connectivity index (χ1) is 13.7. The van der Waals surface area contributed by atoms with Gasteiger partial charge >= 0.3 is 6.03 Å². The van der Waals surface area contributed by atoms with Crippen molar-refractivity contribution in [3.05, 3.63) is 96.1 Å². The predicted molar refractivity (Wildman–Crippen MR) is 110 cm³/mol. The van der Waals surface area contributed by atoms with Gasteiger partial charge in [0.2, 0.25) is 0 Å². The first-order valence-electron chi connectivity index (χ1n) is 9.29. The van der Waals surface area contributed by atoms with Crippen LogP contribution in [0.2, 0.25) is 0 Å². The molecule has 3 amide bonds. The molecule has 1 unspecified atom stereocenters. The number of rotatable bonds is 4. The normalized spacial score (nSPS) is 13.5. The lowest BCUT2D eigenvalue weighted by Gasteiger charge is -2.25. The summed E-state index contributed by atoms with van der Waals surface area (Å²) in [5, 5.41) is 5.63. The molecule has 0 bridgehead atoms. The van der Waals surface area contributed by atoms with Crippen molar-refractivity contribution >= 4 is 23.3 Å². The van der Waals surface area contributed by atoms with Crippen LogP contribution in [0, 0.1) is 0 Å². The van der Waals surface area contributed by atoms with Crippen LogP contribution in [0.3, 0.4) is 0 Å². The zero-order valence-electron chi connectivity index (χ0n) is 15.3. The molecule has 1 aliphatic heterocycles.